The predicted molar refractivity (Wildman–Crippen MR) is 48.6 cm³/mol. The molecule has 0 aromatic carbocycles. The molecule has 0 unspecified atom stereocenters. The average Bonchev–Trinajstić information content (AvgIpc) is 2.13. The highest BCUT2D eigenvalue weighted by Crippen LogP contribution is 2.14. The Morgan fingerprint density at radius 3 is 2.53 bits per heavy atom. The molecule has 0 aromatic heterocycles. The van der Waals surface area contributed by atoms with Gasteiger partial charge >= 0.3 is 12.3 Å². The molecule has 0 radical (unpaired) electrons. The fourth-order valence-electron chi connectivity index (χ4n) is 0.705. The van der Waals surface area contributed by atoms with Crippen LogP contribution in [0.5, 0.6) is 0 Å². The van der Waals surface area contributed by atoms with E-state index >= 15 is 0 Å². The van der Waals surface area contributed by atoms with E-state index in [1.807, 2.05) is 18.9 Å². The average molecular weight is 228 g/mol. The van der Waals surface area contributed by atoms with Gasteiger partial charge in [-0.05, 0) is 13.6 Å². The van der Waals surface area contributed by atoms with Crippen molar-refractivity contribution in [2.75, 3.05) is 33.3 Å². The Hall–Kier alpha value is -0.980. The first-order valence-electron chi connectivity index (χ1n) is 4.51. The lowest BCUT2D eigenvalue weighted by Crippen LogP contribution is -2.34. The lowest BCUT2D eigenvalue weighted by Gasteiger charge is -2.14. The van der Waals surface area contributed by atoms with Crippen LogP contribution in [0.15, 0.2) is 0 Å². The summed E-state index contributed by atoms with van der Waals surface area (Å²) in [6.07, 6.45) is -5.52. The van der Waals surface area contributed by atoms with Crippen LogP contribution in [0, 0.1) is 0 Å². The summed E-state index contributed by atoms with van der Waals surface area (Å²) in [4.78, 5) is 12.6. The zero-order valence-electron chi connectivity index (χ0n) is 8.73. The Morgan fingerprint density at radius 2 is 2.07 bits per heavy atom. The molecule has 0 aliphatic carbocycles. The second kappa shape index (κ2) is 6.49. The van der Waals surface area contributed by atoms with Crippen LogP contribution in [0.2, 0.25) is 0 Å². The maximum atomic E-state index is 11.6. The van der Waals surface area contributed by atoms with E-state index in [-0.39, 0.29) is 6.54 Å². The minimum atomic E-state index is -4.47. The number of carbonyl (C=O) groups excluding carboxylic acids is 1. The Morgan fingerprint density at radius 1 is 1.47 bits per heavy atom. The Labute approximate surface area is 86.4 Å². The first-order chi connectivity index (χ1) is 6.85. The molecule has 0 spiro atoms. The van der Waals surface area contributed by atoms with Crippen LogP contribution < -0.4 is 5.32 Å². The van der Waals surface area contributed by atoms with Gasteiger partial charge in [-0.15, -0.1) is 0 Å². The number of alkyl carbamates (subject to hydrolysis) is 1. The van der Waals surface area contributed by atoms with E-state index in [0.717, 1.165) is 6.54 Å². The van der Waals surface area contributed by atoms with Crippen molar-refractivity contribution in [1.82, 2.24) is 10.2 Å². The third kappa shape index (κ3) is 9.33. The number of hydrogen-bond donors (Lipinski definition) is 1. The molecule has 4 nitrogen and oxygen atoms in total. The van der Waals surface area contributed by atoms with Crippen molar-refractivity contribution in [3.05, 3.63) is 0 Å². The molecule has 0 saturated heterocycles. The quantitative estimate of drug-likeness (QED) is 0.769. The van der Waals surface area contributed by atoms with Gasteiger partial charge in [0.1, 0.15) is 0 Å². The van der Waals surface area contributed by atoms with Crippen molar-refractivity contribution in [3.63, 3.8) is 0 Å². The van der Waals surface area contributed by atoms with Crippen LogP contribution in [0.1, 0.15) is 6.92 Å². The second-order valence-electron chi connectivity index (χ2n) is 3.01. The first kappa shape index (κ1) is 14.0. The summed E-state index contributed by atoms with van der Waals surface area (Å²) in [5.74, 6) is 0. The summed E-state index contributed by atoms with van der Waals surface area (Å²) in [7, 11) is 1.84. The molecular formula is C8H15F3N2O2. The number of carbonyl (C=O) groups is 1. The highest BCUT2D eigenvalue weighted by atomic mass is 19.4. The Balaban J connectivity index is 3.50. The SMILES string of the molecule is CCN(C)CCNC(=O)OCC(F)(F)F. The number of likely N-dealkylation sites (N-methyl/N-ethyl adjacent to an activating group) is 1. The summed E-state index contributed by atoms with van der Waals surface area (Å²) in [5, 5.41) is 2.22. The van der Waals surface area contributed by atoms with E-state index in [9.17, 15) is 18.0 Å². The van der Waals surface area contributed by atoms with Gasteiger partial charge in [0, 0.05) is 13.1 Å². The minimum absolute atomic E-state index is 0.265. The topological polar surface area (TPSA) is 41.6 Å². The van der Waals surface area contributed by atoms with E-state index in [4.69, 9.17) is 0 Å². The van der Waals surface area contributed by atoms with Crippen LogP contribution in [0.3, 0.4) is 0 Å². The van der Waals surface area contributed by atoms with Gasteiger partial charge in [0.25, 0.3) is 0 Å². The molecule has 0 heterocycles. The molecule has 0 aliphatic heterocycles. The molecule has 0 fully saturated rings. The summed E-state index contributed by atoms with van der Waals surface area (Å²) in [6, 6.07) is 0. The molecule has 1 N–H and O–H groups in total. The smallest absolute Gasteiger partial charge is 0.422 e. The van der Waals surface area contributed by atoms with Gasteiger partial charge in [-0.2, -0.15) is 13.2 Å². The number of nitrogens with zero attached hydrogens (tertiary/aromatic N) is 1. The van der Waals surface area contributed by atoms with E-state index in [0.29, 0.717) is 6.54 Å². The monoisotopic (exact) mass is 228 g/mol. The second-order valence-corrected chi connectivity index (χ2v) is 3.01. The highest BCUT2D eigenvalue weighted by Gasteiger charge is 2.29. The van der Waals surface area contributed by atoms with Crippen LogP contribution >= 0.6 is 0 Å². The van der Waals surface area contributed by atoms with Crippen molar-refractivity contribution in [2.24, 2.45) is 0 Å². The van der Waals surface area contributed by atoms with Crippen LogP contribution in [-0.4, -0.2) is 50.5 Å². The summed E-state index contributed by atoms with van der Waals surface area (Å²) in [5.41, 5.74) is 0. The van der Waals surface area contributed by atoms with E-state index in [2.05, 4.69) is 10.1 Å². The first-order valence-corrected chi connectivity index (χ1v) is 4.51. The van der Waals surface area contributed by atoms with Gasteiger partial charge in [0.2, 0.25) is 0 Å². The van der Waals surface area contributed by atoms with Crippen molar-refractivity contribution in [1.29, 1.82) is 0 Å². The van der Waals surface area contributed by atoms with Gasteiger partial charge in [-0.3, -0.25) is 0 Å². The van der Waals surface area contributed by atoms with Crippen molar-refractivity contribution in [3.8, 4) is 0 Å². The molecule has 0 bridgehead atoms. The van der Waals surface area contributed by atoms with E-state index in [1.54, 1.807) is 0 Å². The Kier molecular flexibility index (Phi) is 6.07. The van der Waals surface area contributed by atoms with Crippen molar-refractivity contribution in [2.45, 2.75) is 13.1 Å². The molecule has 1 amide bonds. The zero-order chi connectivity index (χ0) is 11.9. The molecule has 0 aromatic rings. The summed E-state index contributed by atoms with van der Waals surface area (Å²) < 4.78 is 38.8. The molecule has 15 heavy (non-hydrogen) atoms. The predicted octanol–water partition coefficient (Wildman–Crippen LogP) is 1.23. The molecular weight excluding hydrogens is 213 g/mol. The summed E-state index contributed by atoms with van der Waals surface area (Å²) >= 11 is 0. The number of halogens is 3. The van der Waals surface area contributed by atoms with E-state index < -0.39 is 18.9 Å². The van der Waals surface area contributed by atoms with Crippen LogP contribution in [0.25, 0.3) is 0 Å². The third-order valence-corrected chi connectivity index (χ3v) is 1.67. The van der Waals surface area contributed by atoms with Gasteiger partial charge in [-0.1, -0.05) is 6.92 Å². The van der Waals surface area contributed by atoms with Gasteiger partial charge in [-0.25, -0.2) is 4.79 Å². The fourth-order valence-corrected chi connectivity index (χ4v) is 0.705. The van der Waals surface area contributed by atoms with Crippen molar-refractivity contribution >= 4 is 6.09 Å². The molecule has 90 valence electrons. The fraction of sp³-hybridized carbons (Fsp3) is 0.875. The number of alkyl halides is 3. The lowest BCUT2D eigenvalue weighted by atomic mass is 10.5. The molecule has 0 atom stereocenters. The minimum Gasteiger partial charge on any atom is -0.440 e. The zero-order valence-corrected chi connectivity index (χ0v) is 8.73. The standard InChI is InChI=1S/C8H15F3N2O2/c1-3-13(2)5-4-12-7(14)15-6-8(9,10)11/h3-6H2,1-2H3,(H,12,14). The molecule has 7 heteroatoms. The summed E-state index contributed by atoms with van der Waals surface area (Å²) in [6.45, 7) is 2.02. The van der Waals surface area contributed by atoms with Gasteiger partial charge < -0.3 is 15.0 Å². The largest absolute Gasteiger partial charge is 0.440 e. The van der Waals surface area contributed by atoms with Gasteiger partial charge in [0.05, 0.1) is 0 Å². The molecule has 0 rings (SSSR count). The maximum absolute atomic E-state index is 11.6. The molecule has 0 aliphatic rings. The normalized spacial score (nSPS) is 11.6. The van der Waals surface area contributed by atoms with Crippen LogP contribution in [-0.2, 0) is 4.74 Å². The number of nitrogens with one attached hydrogen (secondary N) is 1. The highest BCUT2D eigenvalue weighted by molar-refractivity contribution is 5.67. The number of amides is 1. The third-order valence-electron chi connectivity index (χ3n) is 1.67. The van der Waals surface area contributed by atoms with E-state index in [1.165, 1.54) is 0 Å². The number of hydrogen-bond acceptors (Lipinski definition) is 3. The number of rotatable bonds is 5. The molecule has 0 saturated carbocycles. The Bertz CT molecular complexity index is 197. The lowest BCUT2D eigenvalue weighted by molar-refractivity contribution is -0.160. The van der Waals surface area contributed by atoms with Gasteiger partial charge in [0.15, 0.2) is 6.61 Å². The number of ether oxygens (including phenoxy) is 1. The maximum Gasteiger partial charge on any atom is 0.422 e. The van der Waals surface area contributed by atoms with Crippen molar-refractivity contribution < 1.29 is 22.7 Å². The van der Waals surface area contributed by atoms with Crippen LogP contribution in [0.4, 0.5) is 18.0 Å².